The van der Waals surface area contributed by atoms with Crippen LogP contribution in [0.1, 0.15) is 5.56 Å². The number of nitrogens with two attached hydrogens (primary N) is 1. The lowest BCUT2D eigenvalue weighted by Crippen LogP contribution is -1.95. The Labute approximate surface area is 94.1 Å². The number of nitrogen functional groups attached to an aromatic ring is 1. The fraction of sp³-hybridized carbons (Fsp3) is 0.167. The van der Waals surface area contributed by atoms with Crippen molar-refractivity contribution >= 4 is 5.82 Å². The van der Waals surface area contributed by atoms with E-state index in [1.807, 2.05) is 25.1 Å². The zero-order valence-electron chi connectivity index (χ0n) is 9.27. The van der Waals surface area contributed by atoms with Gasteiger partial charge in [-0.15, -0.1) is 0 Å². The lowest BCUT2D eigenvalue weighted by molar-refractivity contribution is 0.414. The Morgan fingerprint density at radius 2 is 2.06 bits per heavy atom. The summed E-state index contributed by atoms with van der Waals surface area (Å²) < 4.78 is 5.15. The third-order valence-corrected chi connectivity index (χ3v) is 2.36. The molecule has 1 aromatic carbocycles. The zero-order chi connectivity index (χ0) is 11.5. The van der Waals surface area contributed by atoms with Gasteiger partial charge in [-0.25, -0.2) is 4.98 Å². The van der Waals surface area contributed by atoms with E-state index in [2.05, 4.69) is 9.97 Å². The molecule has 4 nitrogen and oxygen atoms in total. The van der Waals surface area contributed by atoms with Crippen molar-refractivity contribution in [2.24, 2.45) is 0 Å². The first kappa shape index (κ1) is 10.4. The molecule has 0 aliphatic rings. The van der Waals surface area contributed by atoms with Crippen LogP contribution in [0.4, 0.5) is 5.82 Å². The minimum Gasteiger partial charge on any atom is -0.497 e. The number of rotatable bonds is 2. The van der Waals surface area contributed by atoms with E-state index in [-0.39, 0.29) is 0 Å². The predicted molar refractivity (Wildman–Crippen MR) is 63.2 cm³/mol. The monoisotopic (exact) mass is 215 g/mol. The maximum Gasteiger partial charge on any atom is 0.142 e. The van der Waals surface area contributed by atoms with Gasteiger partial charge in [0, 0.05) is 5.56 Å². The summed E-state index contributed by atoms with van der Waals surface area (Å²) in [6, 6.07) is 5.81. The first-order valence-electron chi connectivity index (χ1n) is 4.93. The maximum absolute atomic E-state index is 5.60. The molecule has 0 radical (unpaired) electrons. The molecule has 1 aromatic heterocycles. The van der Waals surface area contributed by atoms with Crippen LogP contribution < -0.4 is 10.5 Å². The van der Waals surface area contributed by atoms with Crippen LogP contribution in [0.25, 0.3) is 11.3 Å². The fourth-order valence-corrected chi connectivity index (χ4v) is 1.56. The number of anilines is 1. The van der Waals surface area contributed by atoms with E-state index < -0.39 is 0 Å². The Bertz CT molecular complexity index is 511. The molecule has 4 heteroatoms. The second kappa shape index (κ2) is 4.18. The van der Waals surface area contributed by atoms with E-state index in [1.165, 1.54) is 6.20 Å². The summed E-state index contributed by atoms with van der Waals surface area (Å²) in [4.78, 5) is 8.26. The first-order valence-corrected chi connectivity index (χ1v) is 4.93. The van der Waals surface area contributed by atoms with Crippen LogP contribution in [0.3, 0.4) is 0 Å². The van der Waals surface area contributed by atoms with Gasteiger partial charge in [0.1, 0.15) is 11.6 Å². The Balaban J connectivity index is 2.48. The number of aromatic nitrogens is 2. The summed E-state index contributed by atoms with van der Waals surface area (Å²) in [5, 5.41) is 0. The smallest absolute Gasteiger partial charge is 0.142 e. The number of hydrogen-bond acceptors (Lipinski definition) is 4. The first-order chi connectivity index (χ1) is 7.70. The number of nitrogens with zero attached hydrogens (tertiary/aromatic N) is 2. The van der Waals surface area contributed by atoms with Gasteiger partial charge >= 0.3 is 0 Å². The van der Waals surface area contributed by atoms with Gasteiger partial charge in [-0.2, -0.15) is 0 Å². The standard InChI is InChI=1S/C12H13N3O/c1-8-5-9(16-2)3-4-10(8)11-6-14-7-12(13)15-11/h3-7H,1-2H3,(H2,13,15). The van der Waals surface area contributed by atoms with Gasteiger partial charge in [0.05, 0.1) is 25.2 Å². The summed E-state index contributed by atoms with van der Waals surface area (Å²) in [5.74, 6) is 1.26. The van der Waals surface area contributed by atoms with Crippen molar-refractivity contribution < 1.29 is 4.74 Å². The summed E-state index contributed by atoms with van der Waals surface area (Å²) in [7, 11) is 1.65. The van der Waals surface area contributed by atoms with Crippen LogP contribution in [-0.4, -0.2) is 17.1 Å². The van der Waals surface area contributed by atoms with Crippen molar-refractivity contribution in [1.29, 1.82) is 0 Å². The fourth-order valence-electron chi connectivity index (χ4n) is 1.56. The average molecular weight is 215 g/mol. The van der Waals surface area contributed by atoms with Crippen LogP contribution in [0.15, 0.2) is 30.6 Å². The number of aryl methyl sites for hydroxylation is 1. The molecule has 0 bridgehead atoms. The third kappa shape index (κ3) is 1.95. The molecule has 2 aromatic rings. The molecule has 0 saturated carbocycles. The third-order valence-electron chi connectivity index (χ3n) is 2.36. The highest BCUT2D eigenvalue weighted by Gasteiger charge is 2.05. The minimum absolute atomic E-state index is 0.424. The van der Waals surface area contributed by atoms with Gasteiger partial charge in [0.15, 0.2) is 0 Å². The summed E-state index contributed by atoms with van der Waals surface area (Å²) in [6.07, 6.45) is 3.23. The number of methoxy groups -OCH3 is 1. The molecule has 0 spiro atoms. The molecular formula is C12H13N3O. The highest BCUT2D eigenvalue weighted by atomic mass is 16.5. The second-order valence-corrected chi connectivity index (χ2v) is 3.51. The van der Waals surface area contributed by atoms with E-state index in [9.17, 15) is 0 Å². The van der Waals surface area contributed by atoms with E-state index in [4.69, 9.17) is 10.5 Å². The van der Waals surface area contributed by atoms with Gasteiger partial charge in [0.25, 0.3) is 0 Å². The number of hydrogen-bond donors (Lipinski definition) is 1. The van der Waals surface area contributed by atoms with E-state index >= 15 is 0 Å². The Morgan fingerprint density at radius 3 is 2.69 bits per heavy atom. The molecule has 1 heterocycles. The molecule has 0 atom stereocenters. The summed E-state index contributed by atoms with van der Waals surface area (Å²) in [6.45, 7) is 2.00. The molecule has 2 N–H and O–H groups in total. The van der Waals surface area contributed by atoms with Crippen molar-refractivity contribution in [3.63, 3.8) is 0 Å². The van der Waals surface area contributed by atoms with Crippen LogP contribution >= 0.6 is 0 Å². The largest absolute Gasteiger partial charge is 0.497 e. The van der Waals surface area contributed by atoms with Gasteiger partial charge in [-0.05, 0) is 30.7 Å². The number of ether oxygens (including phenoxy) is 1. The Hall–Kier alpha value is -2.10. The SMILES string of the molecule is COc1ccc(-c2cncc(N)n2)c(C)c1. The summed E-state index contributed by atoms with van der Waals surface area (Å²) in [5.41, 5.74) is 8.48. The zero-order valence-corrected chi connectivity index (χ0v) is 9.27. The maximum atomic E-state index is 5.60. The molecule has 0 aliphatic carbocycles. The van der Waals surface area contributed by atoms with Crippen LogP contribution in [0.5, 0.6) is 5.75 Å². The van der Waals surface area contributed by atoms with Crippen LogP contribution in [-0.2, 0) is 0 Å². The molecule has 82 valence electrons. The van der Waals surface area contributed by atoms with Crippen LogP contribution in [0.2, 0.25) is 0 Å². The van der Waals surface area contributed by atoms with Crippen molar-refractivity contribution in [3.8, 4) is 17.0 Å². The molecule has 0 unspecified atom stereocenters. The van der Waals surface area contributed by atoms with Gasteiger partial charge in [0.2, 0.25) is 0 Å². The molecule has 16 heavy (non-hydrogen) atoms. The van der Waals surface area contributed by atoms with Gasteiger partial charge in [-0.1, -0.05) is 0 Å². The lowest BCUT2D eigenvalue weighted by atomic mass is 10.1. The van der Waals surface area contributed by atoms with Crippen molar-refractivity contribution in [2.75, 3.05) is 12.8 Å². The summed E-state index contributed by atoms with van der Waals surface area (Å²) >= 11 is 0. The average Bonchev–Trinajstić information content (AvgIpc) is 2.28. The highest BCUT2D eigenvalue weighted by molar-refractivity contribution is 5.64. The van der Waals surface area contributed by atoms with Crippen LogP contribution in [0, 0.1) is 6.92 Å². The normalized spacial score (nSPS) is 10.1. The van der Waals surface area contributed by atoms with E-state index in [0.29, 0.717) is 5.82 Å². The van der Waals surface area contributed by atoms with Gasteiger partial charge in [-0.3, -0.25) is 4.98 Å². The molecular weight excluding hydrogens is 202 g/mol. The van der Waals surface area contributed by atoms with E-state index in [1.54, 1.807) is 13.3 Å². The predicted octanol–water partition coefficient (Wildman–Crippen LogP) is 2.04. The lowest BCUT2D eigenvalue weighted by Gasteiger charge is -2.07. The Morgan fingerprint density at radius 1 is 1.25 bits per heavy atom. The van der Waals surface area contributed by atoms with Crippen molar-refractivity contribution in [3.05, 3.63) is 36.2 Å². The van der Waals surface area contributed by atoms with Crippen molar-refractivity contribution in [2.45, 2.75) is 6.92 Å². The molecule has 0 fully saturated rings. The van der Waals surface area contributed by atoms with Crippen molar-refractivity contribution in [1.82, 2.24) is 9.97 Å². The van der Waals surface area contributed by atoms with Gasteiger partial charge < -0.3 is 10.5 Å². The minimum atomic E-state index is 0.424. The molecule has 0 aliphatic heterocycles. The highest BCUT2D eigenvalue weighted by Crippen LogP contribution is 2.25. The quantitative estimate of drug-likeness (QED) is 0.832. The topological polar surface area (TPSA) is 61.0 Å². The molecule has 0 amide bonds. The van der Waals surface area contributed by atoms with E-state index in [0.717, 1.165) is 22.6 Å². The molecule has 0 saturated heterocycles. The second-order valence-electron chi connectivity index (χ2n) is 3.51. The Kier molecular flexibility index (Phi) is 2.72. The number of benzene rings is 1. The molecule has 2 rings (SSSR count).